The minimum absolute atomic E-state index is 0.285. The quantitative estimate of drug-likeness (QED) is 0.758. The molecular formula is C16H22ClN3. The Morgan fingerprint density at radius 1 is 1.25 bits per heavy atom. The van der Waals surface area contributed by atoms with Gasteiger partial charge in [0.1, 0.15) is 12.2 Å². The van der Waals surface area contributed by atoms with Gasteiger partial charge in [-0.05, 0) is 24.0 Å². The molecule has 0 saturated carbocycles. The van der Waals surface area contributed by atoms with Gasteiger partial charge in [-0.2, -0.15) is 5.10 Å². The van der Waals surface area contributed by atoms with Crippen LogP contribution in [-0.4, -0.2) is 20.6 Å². The standard InChI is InChI=1S/C16H22ClN3/c1-12(2)10-20-16(18-11-19-20)8-14(9-17)15-7-5-4-6-13(15)3/h4-7,11-12,14H,8-10H2,1-3H3. The van der Waals surface area contributed by atoms with Crippen LogP contribution in [0.1, 0.15) is 36.7 Å². The Labute approximate surface area is 126 Å². The fraction of sp³-hybridized carbons (Fsp3) is 0.500. The average molecular weight is 292 g/mol. The van der Waals surface area contributed by atoms with Crippen LogP contribution in [0.2, 0.25) is 0 Å². The average Bonchev–Trinajstić information content (AvgIpc) is 2.83. The van der Waals surface area contributed by atoms with Crippen LogP contribution in [0.3, 0.4) is 0 Å². The van der Waals surface area contributed by atoms with Crippen molar-refractivity contribution in [1.29, 1.82) is 0 Å². The molecule has 1 aromatic carbocycles. The second-order valence-corrected chi connectivity index (χ2v) is 5.97. The number of halogens is 1. The van der Waals surface area contributed by atoms with Crippen molar-refractivity contribution in [3.8, 4) is 0 Å². The molecule has 0 aliphatic carbocycles. The van der Waals surface area contributed by atoms with E-state index in [0.717, 1.165) is 18.8 Å². The lowest BCUT2D eigenvalue weighted by molar-refractivity contribution is 0.461. The molecule has 1 atom stereocenters. The van der Waals surface area contributed by atoms with Crippen molar-refractivity contribution in [1.82, 2.24) is 14.8 Å². The van der Waals surface area contributed by atoms with Crippen molar-refractivity contribution in [2.75, 3.05) is 5.88 Å². The van der Waals surface area contributed by atoms with E-state index in [2.05, 4.69) is 55.1 Å². The lowest BCUT2D eigenvalue weighted by atomic mass is 9.93. The molecule has 1 heterocycles. The van der Waals surface area contributed by atoms with Gasteiger partial charge in [-0.3, -0.25) is 0 Å². The zero-order chi connectivity index (χ0) is 14.5. The van der Waals surface area contributed by atoms with E-state index in [4.69, 9.17) is 11.6 Å². The Morgan fingerprint density at radius 2 is 2.00 bits per heavy atom. The predicted octanol–water partition coefficient (Wildman–Crippen LogP) is 3.81. The van der Waals surface area contributed by atoms with Gasteiger partial charge in [0.05, 0.1) is 0 Å². The maximum absolute atomic E-state index is 6.19. The van der Waals surface area contributed by atoms with E-state index in [-0.39, 0.29) is 5.92 Å². The molecule has 0 spiro atoms. The molecular weight excluding hydrogens is 270 g/mol. The van der Waals surface area contributed by atoms with Gasteiger partial charge >= 0.3 is 0 Å². The van der Waals surface area contributed by atoms with Gasteiger partial charge in [-0.1, -0.05) is 38.1 Å². The summed E-state index contributed by atoms with van der Waals surface area (Å²) in [5, 5.41) is 4.32. The van der Waals surface area contributed by atoms with Crippen LogP contribution >= 0.6 is 11.6 Å². The van der Waals surface area contributed by atoms with E-state index >= 15 is 0 Å². The summed E-state index contributed by atoms with van der Waals surface area (Å²) in [6, 6.07) is 8.42. The molecule has 2 aromatic rings. The first-order valence-electron chi connectivity index (χ1n) is 7.10. The molecule has 1 aromatic heterocycles. The molecule has 2 rings (SSSR count). The molecule has 108 valence electrons. The summed E-state index contributed by atoms with van der Waals surface area (Å²) in [4.78, 5) is 4.41. The number of rotatable bonds is 6. The molecule has 0 amide bonds. The fourth-order valence-electron chi connectivity index (χ4n) is 2.46. The third-order valence-corrected chi connectivity index (χ3v) is 3.85. The van der Waals surface area contributed by atoms with E-state index in [1.165, 1.54) is 11.1 Å². The maximum Gasteiger partial charge on any atom is 0.138 e. The van der Waals surface area contributed by atoms with Crippen molar-refractivity contribution in [2.45, 2.75) is 39.7 Å². The summed E-state index contributed by atoms with van der Waals surface area (Å²) in [6.07, 6.45) is 2.47. The lowest BCUT2D eigenvalue weighted by Gasteiger charge is -2.17. The van der Waals surface area contributed by atoms with Crippen molar-refractivity contribution < 1.29 is 0 Å². The van der Waals surface area contributed by atoms with Crippen molar-refractivity contribution in [3.63, 3.8) is 0 Å². The van der Waals surface area contributed by atoms with Crippen molar-refractivity contribution in [3.05, 3.63) is 47.5 Å². The number of aromatic nitrogens is 3. The lowest BCUT2D eigenvalue weighted by Crippen LogP contribution is -2.15. The Bertz CT molecular complexity index is 548. The van der Waals surface area contributed by atoms with Gasteiger partial charge in [0, 0.05) is 24.8 Å². The second kappa shape index (κ2) is 6.89. The van der Waals surface area contributed by atoms with Gasteiger partial charge in [-0.15, -0.1) is 11.6 Å². The number of alkyl halides is 1. The Hall–Kier alpha value is -1.35. The molecule has 3 nitrogen and oxygen atoms in total. The first-order chi connectivity index (χ1) is 9.61. The van der Waals surface area contributed by atoms with Crippen LogP contribution < -0.4 is 0 Å². The molecule has 0 N–H and O–H groups in total. The maximum atomic E-state index is 6.19. The Kier molecular flexibility index (Phi) is 5.18. The van der Waals surface area contributed by atoms with E-state index in [0.29, 0.717) is 11.8 Å². The van der Waals surface area contributed by atoms with Crippen molar-refractivity contribution in [2.24, 2.45) is 5.92 Å². The van der Waals surface area contributed by atoms with E-state index < -0.39 is 0 Å². The minimum Gasteiger partial charge on any atom is -0.250 e. The van der Waals surface area contributed by atoms with E-state index in [1.54, 1.807) is 6.33 Å². The molecule has 0 aliphatic rings. The summed E-state index contributed by atoms with van der Waals surface area (Å²) in [5.41, 5.74) is 2.59. The van der Waals surface area contributed by atoms with Gasteiger partial charge in [-0.25, -0.2) is 9.67 Å². The SMILES string of the molecule is Cc1ccccc1C(CCl)Cc1ncnn1CC(C)C. The number of benzene rings is 1. The number of hydrogen-bond donors (Lipinski definition) is 0. The zero-order valence-corrected chi connectivity index (χ0v) is 13.1. The van der Waals surface area contributed by atoms with Crippen LogP contribution in [-0.2, 0) is 13.0 Å². The summed E-state index contributed by atoms with van der Waals surface area (Å²) in [7, 11) is 0. The minimum atomic E-state index is 0.285. The number of hydrogen-bond acceptors (Lipinski definition) is 2. The highest BCUT2D eigenvalue weighted by atomic mass is 35.5. The molecule has 1 unspecified atom stereocenters. The highest BCUT2D eigenvalue weighted by Gasteiger charge is 2.17. The summed E-state index contributed by atoms with van der Waals surface area (Å²) in [6.45, 7) is 7.41. The Morgan fingerprint density at radius 3 is 2.65 bits per heavy atom. The van der Waals surface area contributed by atoms with Gasteiger partial charge in [0.25, 0.3) is 0 Å². The first kappa shape index (κ1) is 15.0. The molecule has 4 heteroatoms. The normalized spacial score (nSPS) is 12.8. The van der Waals surface area contributed by atoms with Crippen LogP contribution in [0, 0.1) is 12.8 Å². The molecule has 0 aliphatic heterocycles. The zero-order valence-electron chi connectivity index (χ0n) is 12.4. The van der Waals surface area contributed by atoms with Gasteiger partial charge in [0.15, 0.2) is 0 Å². The molecule has 20 heavy (non-hydrogen) atoms. The molecule has 0 fully saturated rings. The van der Waals surface area contributed by atoms with E-state index in [9.17, 15) is 0 Å². The number of aryl methyl sites for hydroxylation is 1. The summed E-state index contributed by atoms with van der Waals surface area (Å²) < 4.78 is 2.00. The smallest absolute Gasteiger partial charge is 0.138 e. The molecule has 0 saturated heterocycles. The van der Waals surface area contributed by atoms with Gasteiger partial charge in [0.2, 0.25) is 0 Å². The van der Waals surface area contributed by atoms with Crippen molar-refractivity contribution >= 4 is 11.6 Å². The second-order valence-electron chi connectivity index (χ2n) is 5.66. The number of nitrogens with zero attached hydrogens (tertiary/aromatic N) is 3. The van der Waals surface area contributed by atoms with E-state index in [1.807, 2.05) is 4.68 Å². The molecule has 0 bridgehead atoms. The Balaban J connectivity index is 2.19. The van der Waals surface area contributed by atoms with Crippen LogP contribution in [0.5, 0.6) is 0 Å². The summed E-state index contributed by atoms with van der Waals surface area (Å²) in [5.74, 6) is 2.46. The fourth-order valence-corrected chi connectivity index (χ4v) is 2.73. The highest BCUT2D eigenvalue weighted by molar-refractivity contribution is 6.18. The van der Waals surface area contributed by atoms with Crippen LogP contribution in [0.25, 0.3) is 0 Å². The van der Waals surface area contributed by atoms with Crippen LogP contribution in [0.4, 0.5) is 0 Å². The third kappa shape index (κ3) is 3.60. The third-order valence-electron chi connectivity index (χ3n) is 3.48. The predicted molar refractivity (Wildman–Crippen MR) is 83.2 cm³/mol. The first-order valence-corrected chi connectivity index (χ1v) is 7.63. The largest absolute Gasteiger partial charge is 0.250 e. The molecule has 0 radical (unpaired) electrons. The van der Waals surface area contributed by atoms with Gasteiger partial charge < -0.3 is 0 Å². The summed E-state index contributed by atoms with van der Waals surface area (Å²) >= 11 is 6.19. The van der Waals surface area contributed by atoms with Crippen LogP contribution in [0.15, 0.2) is 30.6 Å². The highest BCUT2D eigenvalue weighted by Crippen LogP contribution is 2.24. The monoisotopic (exact) mass is 291 g/mol. The topological polar surface area (TPSA) is 30.7 Å².